The quantitative estimate of drug-likeness (QED) is 0.384. The highest BCUT2D eigenvalue weighted by Crippen LogP contribution is 2.36. The van der Waals surface area contributed by atoms with Crippen LogP contribution in [0.4, 0.5) is 17.1 Å². The highest BCUT2D eigenvalue weighted by molar-refractivity contribution is 8.27. The van der Waals surface area contributed by atoms with Gasteiger partial charge in [0.05, 0.1) is 10.6 Å². The molecule has 0 aromatic heterocycles. The Hall–Kier alpha value is -2.60. The van der Waals surface area contributed by atoms with E-state index in [1.54, 1.807) is 17.0 Å². The van der Waals surface area contributed by atoms with Crippen molar-refractivity contribution >= 4 is 68.9 Å². The normalized spacial score (nSPS) is 15.3. The molecule has 0 aliphatic carbocycles. The Balaban J connectivity index is 1.53. The minimum Gasteiger partial charge on any atom is -0.356 e. The van der Waals surface area contributed by atoms with Crippen molar-refractivity contribution in [3.05, 3.63) is 94.4 Å². The first-order chi connectivity index (χ1) is 13.6. The summed E-state index contributed by atoms with van der Waals surface area (Å²) >= 11 is 12.7. The highest BCUT2D eigenvalue weighted by Gasteiger charge is 2.33. The molecule has 0 spiro atoms. The number of carbonyl (C=O) groups is 1. The van der Waals surface area contributed by atoms with Crippen LogP contribution >= 0.6 is 35.6 Å². The molecule has 28 heavy (non-hydrogen) atoms. The number of amides is 1. The van der Waals surface area contributed by atoms with Gasteiger partial charge >= 0.3 is 0 Å². The van der Waals surface area contributed by atoms with Gasteiger partial charge in [0.25, 0.3) is 5.91 Å². The molecule has 1 heterocycles. The first kappa shape index (κ1) is 18.7. The van der Waals surface area contributed by atoms with Crippen molar-refractivity contribution in [2.24, 2.45) is 0 Å². The summed E-state index contributed by atoms with van der Waals surface area (Å²) < 4.78 is 0.522. The molecule has 1 fully saturated rings. The van der Waals surface area contributed by atoms with Crippen LogP contribution in [0, 0.1) is 0 Å². The molecular weight excluding hydrogens is 408 g/mol. The Labute approximate surface area is 178 Å². The molecule has 3 aromatic carbocycles. The van der Waals surface area contributed by atoms with Gasteiger partial charge in [0.2, 0.25) is 0 Å². The van der Waals surface area contributed by atoms with Crippen LogP contribution in [-0.4, -0.2) is 10.2 Å². The summed E-state index contributed by atoms with van der Waals surface area (Å²) in [4.78, 5) is 15.0. The lowest BCUT2D eigenvalue weighted by Crippen LogP contribution is -2.27. The minimum absolute atomic E-state index is 0.117. The molecule has 6 heteroatoms. The fourth-order valence-corrected chi connectivity index (χ4v) is 4.21. The second-order valence-corrected chi connectivity index (χ2v) is 8.22. The number of hydrogen-bond acceptors (Lipinski definition) is 4. The summed E-state index contributed by atoms with van der Waals surface area (Å²) in [6.07, 6.45) is 1.83. The van der Waals surface area contributed by atoms with E-state index in [2.05, 4.69) is 5.32 Å². The second kappa shape index (κ2) is 8.19. The van der Waals surface area contributed by atoms with Crippen LogP contribution in [0.15, 0.2) is 83.8 Å². The molecule has 1 aliphatic heterocycles. The maximum atomic E-state index is 12.9. The number of benzene rings is 3. The molecule has 0 saturated carbocycles. The number of nitrogens with one attached hydrogen (secondary N) is 1. The Kier molecular flexibility index (Phi) is 5.48. The van der Waals surface area contributed by atoms with Gasteiger partial charge in [-0.2, -0.15) is 0 Å². The van der Waals surface area contributed by atoms with Gasteiger partial charge in [-0.1, -0.05) is 65.9 Å². The third kappa shape index (κ3) is 4.12. The van der Waals surface area contributed by atoms with Crippen molar-refractivity contribution in [2.75, 3.05) is 10.2 Å². The minimum atomic E-state index is -0.117. The summed E-state index contributed by atoms with van der Waals surface area (Å²) in [5.74, 6) is -0.117. The number of halogens is 1. The van der Waals surface area contributed by atoms with Crippen molar-refractivity contribution in [2.45, 2.75) is 0 Å². The van der Waals surface area contributed by atoms with E-state index < -0.39 is 0 Å². The predicted octanol–water partition coefficient (Wildman–Crippen LogP) is 6.49. The monoisotopic (exact) mass is 422 g/mol. The summed E-state index contributed by atoms with van der Waals surface area (Å²) in [5.41, 5.74) is 3.61. The third-order valence-corrected chi connectivity index (χ3v) is 5.70. The van der Waals surface area contributed by atoms with Crippen molar-refractivity contribution in [3.63, 3.8) is 0 Å². The summed E-state index contributed by atoms with van der Waals surface area (Å²) in [6.45, 7) is 0. The molecule has 1 N–H and O–H groups in total. The Bertz CT molecular complexity index is 1050. The van der Waals surface area contributed by atoms with Crippen LogP contribution in [0.5, 0.6) is 0 Å². The molecule has 0 bridgehead atoms. The van der Waals surface area contributed by atoms with Gasteiger partial charge in [-0.05, 0) is 60.2 Å². The highest BCUT2D eigenvalue weighted by atomic mass is 35.5. The van der Waals surface area contributed by atoms with Gasteiger partial charge in [0, 0.05) is 16.4 Å². The van der Waals surface area contributed by atoms with Gasteiger partial charge in [-0.25, -0.2) is 0 Å². The molecule has 1 aliphatic rings. The number of nitrogens with zero attached hydrogens (tertiary/aromatic N) is 1. The molecule has 138 valence electrons. The van der Waals surface area contributed by atoms with Crippen LogP contribution in [-0.2, 0) is 4.79 Å². The lowest BCUT2D eigenvalue weighted by atomic mass is 10.2. The van der Waals surface area contributed by atoms with Gasteiger partial charge < -0.3 is 5.32 Å². The molecule has 0 atom stereocenters. The zero-order chi connectivity index (χ0) is 19.5. The first-order valence-corrected chi connectivity index (χ1v) is 10.2. The fraction of sp³-hybridized carbons (Fsp3) is 0. The Morgan fingerprint density at radius 2 is 1.54 bits per heavy atom. The van der Waals surface area contributed by atoms with E-state index in [9.17, 15) is 4.79 Å². The average molecular weight is 423 g/mol. The summed E-state index contributed by atoms with van der Waals surface area (Å²) in [6, 6.07) is 24.9. The molecular formula is C22H15ClN2OS2. The zero-order valence-corrected chi connectivity index (χ0v) is 17.0. The molecule has 1 amide bonds. The lowest BCUT2D eigenvalue weighted by Gasteiger charge is -2.15. The van der Waals surface area contributed by atoms with E-state index in [-0.39, 0.29) is 5.91 Å². The number of rotatable bonds is 4. The zero-order valence-electron chi connectivity index (χ0n) is 14.6. The molecule has 0 unspecified atom stereocenters. The van der Waals surface area contributed by atoms with E-state index >= 15 is 0 Å². The molecule has 3 aromatic rings. The van der Waals surface area contributed by atoms with E-state index in [1.807, 2.05) is 72.8 Å². The van der Waals surface area contributed by atoms with Gasteiger partial charge in [-0.15, -0.1) is 0 Å². The fourth-order valence-electron chi connectivity index (χ4n) is 2.78. The summed E-state index contributed by atoms with van der Waals surface area (Å²) in [5, 5.41) is 3.99. The van der Waals surface area contributed by atoms with Crippen LogP contribution in [0.2, 0.25) is 5.02 Å². The SMILES string of the molecule is O=C1/C(=C/c2ccc(Cl)cc2)SC(=S)N1c1ccc(Nc2ccccc2)cc1. The number of para-hydroxylation sites is 1. The van der Waals surface area contributed by atoms with E-state index in [0.29, 0.717) is 14.2 Å². The number of hydrogen-bond donors (Lipinski definition) is 1. The molecule has 1 saturated heterocycles. The first-order valence-electron chi connectivity index (χ1n) is 8.56. The van der Waals surface area contributed by atoms with Crippen molar-refractivity contribution < 1.29 is 4.79 Å². The van der Waals surface area contributed by atoms with Crippen molar-refractivity contribution in [1.82, 2.24) is 0 Å². The topological polar surface area (TPSA) is 32.3 Å². The predicted molar refractivity (Wildman–Crippen MR) is 123 cm³/mol. The maximum Gasteiger partial charge on any atom is 0.270 e. The van der Waals surface area contributed by atoms with Crippen LogP contribution < -0.4 is 10.2 Å². The number of thioether (sulfide) groups is 1. The number of thiocarbonyl (C=S) groups is 1. The second-order valence-electron chi connectivity index (χ2n) is 6.11. The number of anilines is 3. The van der Waals surface area contributed by atoms with Gasteiger partial charge in [0.15, 0.2) is 4.32 Å². The van der Waals surface area contributed by atoms with Gasteiger partial charge in [0.1, 0.15) is 0 Å². The third-order valence-electron chi connectivity index (χ3n) is 4.15. The smallest absolute Gasteiger partial charge is 0.270 e. The van der Waals surface area contributed by atoms with E-state index in [1.165, 1.54) is 11.8 Å². The van der Waals surface area contributed by atoms with Gasteiger partial charge in [-0.3, -0.25) is 9.69 Å². The largest absolute Gasteiger partial charge is 0.356 e. The summed E-state index contributed by atoms with van der Waals surface area (Å²) in [7, 11) is 0. The molecule has 4 rings (SSSR count). The van der Waals surface area contributed by atoms with Crippen LogP contribution in [0.1, 0.15) is 5.56 Å². The lowest BCUT2D eigenvalue weighted by molar-refractivity contribution is -0.113. The van der Waals surface area contributed by atoms with E-state index in [4.69, 9.17) is 23.8 Å². The number of carbonyl (C=O) groups excluding carboxylic acids is 1. The van der Waals surface area contributed by atoms with E-state index in [0.717, 1.165) is 22.6 Å². The standard InChI is InChI=1S/C22H15ClN2OS2/c23-16-8-6-15(7-9-16)14-20-21(26)25(22(27)28-20)19-12-10-18(11-13-19)24-17-4-2-1-3-5-17/h1-14,24H/b20-14-. The van der Waals surface area contributed by atoms with Crippen molar-refractivity contribution in [3.8, 4) is 0 Å². The van der Waals surface area contributed by atoms with Crippen LogP contribution in [0.3, 0.4) is 0 Å². The maximum absolute atomic E-state index is 12.9. The Morgan fingerprint density at radius 3 is 2.21 bits per heavy atom. The van der Waals surface area contributed by atoms with Crippen LogP contribution in [0.25, 0.3) is 6.08 Å². The average Bonchev–Trinajstić information content (AvgIpc) is 2.98. The van der Waals surface area contributed by atoms with Crippen molar-refractivity contribution in [1.29, 1.82) is 0 Å². The molecule has 0 radical (unpaired) electrons. The molecule has 3 nitrogen and oxygen atoms in total. The Morgan fingerprint density at radius 1 is 0.893 bits per heavy atom.